The molecule has 2 rings (SSSR count). The summed E-state index contributed by atoms with van der Waals surface area (Å²) in [6.45, 7) is 0. The monoisotopic (exact) mass is 346 g/mol. The van der Waals surface area contributed by atoms with Gasteiger partial charge in [0.15, 0.2) is 6.04 Å². The molecule has 8 heteroatoms. The molecule has 1 fully saturated rings. The first-order valence-electron chi connectivity index (χ1n) is 7.77. The fraction of sp³-hybridized carbons (Fsp3) is 0.562. The number of carbonyl (C=O) groups is 1. The molecule has 0 saturated heterocycles. The first kappa shape index (κ1) is 18.4. The van der Waals surface area contributed by atoms with Crippen molar-refractivity contribution in [2.24, 2.45) is 0 Å². The predicted octanol–water partition coefficient (Wildman–Crippen LogP) is 2.90. The van der Waals surface area contributed by atoms with Crippen molar-refractivity contribution in [3.05, 3.63) is 29.8 Å². The van der Waals surface area contributed by atoms with Gasteiger partial charge in [-0.2, -0.15) is 13.2 Å². The van der Waals surface area contributed by atoms with Gasteiger partial charge in [0.2, 0.25) is 0 Å². The van der Waals surface area contributed by atoms with Gasteiger partial charge in [-0.3, -0.25) is 0 Å². The van der Waals surface area contributed by atoms with Gasteiger partial charge < -0.3 is 20.5 Å². The number of hydrogen-bond acceptors (Lipinski definition) is 3. The molecule has 0 bridgehead atoms. The SMILES string of the molecule is COc1ccc([C@H](NC(=O)N[C@@H]2CCCC[C@@H]2O)C(F)(F)F)cc1. The molecule has 1 saturated carbocycles. The summed E-state index contributed by atoms with van der Waals surface area (Å²) in [6.07, 6.45) is -2.62. The number of methoxy groups -OCH3 is 1. The lowest BCUT2D eigenvalue weighted by atomic mass is 9.93. The third-order valence-corrected chi connectivity index (χ3v) is 4.10. The first-order chi connectivity index (χ1) is 11.3. The topological polar surface area (TPSA) is 70.6 Å². The van der Waals surface area contributed by atoms with Crippen molar-refractivity contribution < 1.29 is 27.8 Å². The Bertz CT molecular complexity index is 548. The molecule has 0 radical (unpaired) electrons. The highest BCUT2D eigenvalue weighted by Gasteiger charge is 2.42. The normalized spacial score (nSPS) is 22.5. The molecule has 0 aromatic heterocycles. The van der Waals surface area contributed by atoms with Crippen LogP contribution in [-0.2, 0) is 0 Å². The Kier molecular flexibility index (Phi) is 5.93. The number of ether oxygens (including phenoxy) is 1. The molecular formula is C16H21F3N2O3. The van der Waals surface area contributed by atoms with Crippen molar-refractivity contribution in [3.63, 3.8) is 0 Å². The Morgan fingerprint density at radius 2 is 1.88 bits per heavy atom. The van der Waals surface area contributed by atoms with Crippen LogP contribution in [0, 0.1) is 0 Å². The zero-order chi connectivity index (χ0) is 17.7. The van der Waals surface area contributed by atoms with E-state index in [2.05, 4.69) is 5.32 Å². The van der Waals surface area contributed by atoms with Gasteiger partial charge in [0.05, 0.1) is 19.3 Å². The van der Waals surface area contributed by atoms with E-state index in [9.17, 15) is 23.1 Å². The van der Waals surface area contributed by atoms with Gasteiger partial charge in [-0.15, -0.1) is 0 Å². The molecule has 2 amide bonds. The van der Waals surface area contributed by atoms with Crippen molar-refractivity contribution in [2.45, 2.75) is 50.0 Å². The Morgan fingerprint density at radius 1 is 1.25 bits per heavy atom. The van der Waals surface area contributed by atoms with Crippen LogP contribution in [0.15, 0.2) is 24.3 Å². The standard InChI is InChI=1S/C16H21F3N2O3/c1-24-11-8-6-10(7-9-11)14(16(17,18)19)21-15(23)20-12-4-2-3-5-13(12)22/h6-9,12-14,22H,2-5H2,1H3,(H2,20,21,23)/t12-,13+,14+/m1/s1. The summed E-state index contributed by atoms with van der Waals surface area (Å²) in [5.74, 6) is 0.425. The average molecular weight is 346 g/mol. The number of aliphatic hydroxyl groups is 1. The minimum absolute atomic E-state index is 0.0948. The smallest absolute Gasteiger partial charge is 0.412 e. The molecule has 5 nitrogen and oxygen atoms in total. The molecule has 1 aliphatic carbocycles. The highest BCUT2D eigenvalue weighted by Crippen LogP contribution is 2.33. The highest BCUT2D eigenvalue weighted by atomic mass is 19.4. The van der Waals surface area contributed by atoms with Crippen LogP contribution in [0.5, 0.6) is 5.75 Å². The second-order valence-corrected chi connectivity index (χ2v) is 5.82. The van der Waals surface area contributed by atoms with Gasteiger partial charge in [-0.1, -0.05) is 25.0 Å². The third-order valence-electron chi connectivity index (χ3n) is 4.10. The van der Waals surface area contributed by atoms with Crippen LogP contribution in [0.2, 0.25) is 0 Å². The van der Waals surface area contributed by atoms with E-state index in [0.717, 1.165) is 12.8 Å². The highest BCUT2D eigenvalue weighted by molar-refractivity contribution is 5.75. The Hall–Kier alpha value is -1.96. The van der Waals surface area contributed by atoms with Crippen LogP contribution < -0.4 is 15.4 Å². The van der Waals surface area contributed by atoms with Crippen LogP contribution in [0.1, 0.15) is 37.3 Å². The molecule has 1 aromatic rings. The van der Waals surface area contributed by atoms with Crippen LogP contribution in [0.4, 0.5) is 18.0 Å². The van der Waals surface area contributed by atoms with E-state index in [-0.39, 0.29) is 5.56 Å². The Morgan fingerprint density at radius 3 is 2.42 bits per heavy atom. The van der Waals surface area contributed by atoms with Crippen molar-refractivity contribution in [3.8, 4) is 5.75 Å². The van der Waals surface area contributed by atoms with Gasteiger partial charge in [-0.05, 0) is 30.5 Å². The van der Waals surface area contributed by atoms with E-state index >= 15 is 0 Å². The van der Waals surface area contributed by atoms with Gasteiger partial charge in [-0.25, -0.2) is 4.79 Å². The molecule has 3 N–H and O–H groups in total. The number of rotatable bonds is 4. The zero-order valence-corrected chi connectivity index (χ0v) is 13.3. The van der Waals surface area contributed by atoms with Crippen molar-refractivity contribution >= 4 is 6.03 Å². The van der Waals surface area contributed by atoms with Crippen LogP contribution >= 0.6 is 0 Å². The minimum Gasteiger partial charge on any atom is -0.497 e. The average Bonchev–Trinajstić information content (AvgIpc) is 2.54. The van der Waals surface area contributed by atoms with Crippen LogP contribution in [-0.4, -0.2) is 36.6 Å². The molecule has 0 heterocycles. The number of benzene rings is 1. The van der Waals surface area contributed by atoms with Crippen molar-refractivity contribution in [1.29, 1.82) is 0 Å². The van der Waals surface area contributed by atoms with E-state index in [1.165, 1.54) is 31.4 Å². The number of halogens is 3. The number of alkyl halides is 3. The molecule has 1 aliphatic rings. The summed E-state index contributed by atoms with van der Waals surface area (Å²) in [4.78, 5) is 12.0. The fourth-order valence-corrected chi connectivity index (χ4v) is 2.77. The lowest BCUT2D eigenvalue weighted by molar-refractivity contribution is -0.155. The number of amides is 2. The summed E-state index contributed by atoms with van der Waals surface area (Å²) >= 11 is 0. The van der Waals surface area contributed by atoms with E-state index < -0.39 is 30.4 Å². The second-order valence-electron chi connectivity index (χ2n) is 5.82. The number of urea groups is 1. The third kappa shape index (κ3) is 4.77. The van der Waals surface area contributed by atoms with Gasteiger partial charge in [0.25, 0.3) is 0 Å². The van der Waals surface area contributed by atoms with Crippen LogP contribution in [0.25, 0.3) is 0 Å². The second kappa shape index (κ2) is 7.74. The van der Waals surface area contributed by atoms with Gasteiger partial charge in [0.1, 0.15) is 5.75 Å². The maximum absolute atomic E-state index is 13.3. The van der Waals surface area contributed by atoms with Crippen molar-refractivity contribution in [2.75, 3.05) is 7.11 Å². The Balaban J connectivity index is 2.06. The van der Waals surface area contributed by atoms with E-state index in [4.69, 9.17) is 4.74 Å². The Labute approximate surface area is 138 Å². The number of carbonyl (C=O) groups excluding carboxylic acids is 1. The summed E-state index contributed by atoms with van der Waals surface area (Å²) in [5, 5.41) is 14.2. The van der Waals surface area contributed by atoms with E-state index in [1.54, 1.807) is 0 Å². The minimum atomic E-state index is -4.64. The number of aliphatic hydroxyl groups excluding tert-OH is 1. The van der Waals surface area contributed by atoms with E-state index in [1.807, 2.05) is 5.32 Å². The number of hydrogen-bond donors (Lipinski definition) is 3. The predicted molar refractivity (Wildman–Crippen MR) is 81.7 cm³/mol. The largest absolute Gasteiger partial charge is 0.497 e. The lowest BCUT2D eigenvalue weighted by Crippen LogP contribution is -2.51. The summed E-state index contributed by atoms with van der Waals surface area (Å²) in [6, 6.07) is 1.71. The summed E-state index contributed by atoms with van der Waals surface area (Å²) < 4.78 is 44.8. The van der Waals surface area contributed by atoms with Crippen LogP contribution in [0.3, 0.4) is 0 Å². The summed E-state index contributed by atoms with van der Waals surface area (Å²) in [7, 11) is 1.41. The number of nitrogens with one attached hydrogen (secondary N) is 2. The van der Waals surface area contributed by atoms with Gasteiger partial charge >= 0.3 is 12.2 Å². The zero-order valence-electron chi connectivity index (χ0n) is 13.3. The molecule has 1 aromatic carbocycles. The quantitative estimate of drug-likeness (QED) is 0.785. The molecule has 0 unspecified atom stereocenters. The molecule has 134 valence electrons. The first-order valence-corrected chi connectivity index (χ1v) is 7.77. The van der Waals surface area contributed by atoms with E-state index in [0.29, 0.717) is 18.6 Å². The molecule has 0 aliphatic heterocycles. The molecular weight excluding hydrogens is 325 g/mol. The summed E-state index contributed by atoms with van der Waals surface area (Å²) in [5.41, 5.74) is -0.0948. The van der Waals surface area contributed by atoms with Crippen molar-refractivity contribution in [1.82, 2.24) is 10.6 Å². The maximum Gasteiger partial charge on any atom is 0.412 e. The molecule has 3 atom stereocenters. The maximum atomic E-state index is 13.3. The lowest BCUT2D eigenvalue weighted by Gasteiger charge is -2.29. The molecule has 0 spiro atoms. The van der Waals surface area contributed by atoms with Gasteiger partial charge in [0, 0.05) is 0 Å². The molecule has 24 heavy (non-hydrogen) atoms. The fourth-order valence-electron chi connectivity index (χ4n) is 2.77.